The Morgan fingerprint density at radius 3 is 2.22 bits per heavy atom. The molecule has 0 heterocycles. The van der Waals surface area contributed by atoms with Gasteiger partial charge in [0.2, 0.25) is 0 Å². The van der Waals surface area contributed by atoms with Crippen LogP contribution < -0.4 is 10.2 Å². The van der Waals surface area contributed by atoms with Crippen LogP contribution >= 0.6 is 11.8 Å². The van der Waals surface area contributed by atoms with Crippen LogP contribution in [0.4, 0.5) is 11.4 Å². The van der Waals surface area contributed by atoms with Gasteiger partial charge in [-0.25, -0.2) is 9.64 Å². The highest BCUT2D eigenvalue weighted by atomic mass is 32.2. The fourth-order valence-electron chi connectivity index (χ4n) is 4.71. The number of amides is 1. The number of thioether (sulfide) groups is 1. The number of anilines is 1. The first kappa shape index (κ1) is 29.4. The Hall–Kier alpha value is -4.54. The van der Waals surface area contributed by atoms with Gasteiger partial charge in [-0.05, 0) is 77.4 Å². The molecule has 1 atom stereocenters. The fourth-order valence-corrected chi connectivity index (χ4v) is 5.18. The Morgan fingerprint density at radius 1 is 0.902 bits per heavy atom. The molecule has 4 rings (SSSR count). The maximum atomic E-state index is 13.5. The van der Waals surface area contributed by atoms with Gasteiger partial charge >= 0.3 is 5.97 Å². The van der Waals surface area contributed by atoms with Crippen molar-refractivity contribution in [3.63, 3.8) is 0 Å². The molecular weight excluding hydrogens is 530 g/mol. The number of nitrogens with one attached hydrogen (secondary N) is 1. The molecule has 0 unspecified atom stereocenters. The summed E-state index contributed by atoms with van der Waals surface area (Å²) in [7, 11) is 0. The van der Waals surface area contributed by atoms with E-state index in [1.54, 1.807) is 17.8 Å². The summed E-state index contributed by atoms with van der Waals surface area (Å²) in [5.74, 6) is -0.802. The zero-order chi connectivity index (χ0) is 29.2. The van der Waals surface area contributed by atoms with E-state index in [1.165, 1.54) is 0 Å². The van der Waals surface area contributed by atoms with Gasteiger partial charge in [-0.2, -0.15) is 11.8 Å². The smallest absolute Gasteiger partial charge is 0.326 e. The van der Waals surface area contributed by atoms with Gasteiger partial charge in [0.05, 0.1) is 6.57 Å². The molecule has 208 valence electrons. The molecule has 4 aromatic rings. The van der Waals surface area contributed by atoms with Crippen LogP contribution in [0.1, 0.15) is 33.5 Å². The highest BCUT2D eigenvalue weighted by Crippen LogP contribution is 2.30. The van der Waals surface area contributed by atoms with Gasteiger partial charge in [0.15, 0.2) is 5.69 Å². The van der Waals surface area contributed by atoms with E-state index in [4.69, 9.17) is 6.57 Å². The zero-order valence-electron chi connectivity index (χ0n) is 23.2. The van der Waals surface area contributed by atoms with Crippen molar-refractivity contribution < 1.29 is 14.7 Å². The molecule has 1 amide bonds. The largest absolute Gasteiger partial charge is 0.480 e. The number of carboxylic acid groups (broad SMARTS) is 1. The normalized spacial score (nSPS) is 11.3. The quantitative estimate of drug-likeness (QED) is 0.176. The van der Waals surface area contributed by atoms with Gasteiger partial charge in [0.1, 0.15) is 6.04 Å². The van der Waals surface area contributed by atoms with Crippen LogP contribution in [0.2, 0.25) is 0 Å². The van der Waals surface area contributed by atoms with E-state index in [0.29, 0.717) is 36.5 Å². The number of hydrogen-bond acceptors (Lipinski definition) is 4. The molecule has 0 aliphatic heterocycles. The zero-order valence-corrected chi connectivity index (χ0v) is 24.0. The topological polar surface area (TPSA) is 74.0 Å². The standard InChI is InChI=1S/C34H33N3O3S/c1-24-9-7-8-12-29(24)31-21-26(15-18-30(31)33(38)36-32(34(39)40)19-20-41-3)23-37(28-10-5-4-6-11-28)22-25-13-16-27(35-2)17-14-25/h4-18,21,32H,19-20,22-23H2,1,3H3,(H,36,38)(H,39,40)/t32-/m0/s1. The van der Waals surface area contributed by atoms with Crippen LogP contribution in [-0.4, -0.2) is 35.0 Å². The summed E-state index contributed by atoms with van der Waals surface area (Å²) >= 11 is 1.55. The molecule has 0 bridgehead atoms. The van der Waals surface area contributed by atoms with Gasteiger partial charge in [-0.1, -0.05) is 72.8 Å². The highest BCUT2D eigenvalue weighted by Gasteiger charge is 2.23. The molecule has 0 saturated carbocycles. The molecule has 6 nitrogen and oxygen atoms in total. The summed E-state index contributed by atoms with van der Waals surface area (Å²) in [4.78, 5) is 31.1. The average molecular weight is 564 g/mol. The number of rotatable bonds is 12. The van der Waals surface area contributed by atoms with Crippen molar-refractivity contribution >= 4 is 35.0 Å². The molecule has 2 N–H and O–H groups in total. The lowest BCUT2D eigenvalue weighted by molar-refractivity contribution is -0.139. The van der Waals surface area contributed by atoms with E-state index in [0.717, 1.165) is 33.5 Å². The van der Waals surface area contributed by atoms with Gasteiger partial charge in [0, 0.05) is 24.3 Å². The van der Waals surface area contributed by atoms with Crippen molar-refractivity contribution in [2.45, 2.75) is 32.5 Å². The molecule has 4 aromatic carbocycles. The third-order valence-electron chi connectivity index (χ3n) is 6.91. The lowest BCUT2D eigenvalue weighted by Gasteiger charge is -2.26. The average Bonchev–Trinajstić information content (AvgIpc) is 2.99. The minimum Gasteiger partial charge on any atom is -0.480 e. The van der Waals surface area contributed by atoms with Crippen LogP contribution in [0.3, 0.4) is 0 Å². The van der Waals surface area contributed by atoms with Gasteiger partial charge < -0.3 is 15.3 Å². The summed E-state index contributed by atoms with van der Waals surface area (Å²) in [6.07, 6.45) is 2.26. The van der Waals surface area contributed by atoms with E-state index in [2.05, 4.69) is 27.2 Å². The van der Waals surface area contributed by atoms with Crippen LogP contribution in [0.25, 0.3) is 16.0 Å². The maximum Gasteiger partial charge on any atom is 0.326 e. The summed E-state index contributed by atoms with van der Waals surface area (Å²) in [6, 6.07) is 30.5. The lowest BCUT2D eigenvalue weighted by atomic mass is 9.93. The molecule has 0 aliphatic rings. The number of nitrogens with zero attached hydrogens (tertiary/aromatic N) is 2. The third kappa shape index (κ3) is 7.77. The van der Waals surface area contributed by atoms with Crippen LogP contribution in [0, 0.1) is 13.5 Å². The molecule has 7 heteroatoms. The number of carbonyl (C=O) groups excluding carboxylic acids is 1. The molecule has 41 heavy (non-hydrogen) atoms. The second-order valence-corrected chi connectivity index (χ2v) is 10.8. The van der Waals surface area contributed by atoms with Crippen molar-refractivity contribution in [3.05, 3.63) is 131 Å². The number of para-hydroxylation sites is 1. The number of benzene rings is 4. The Kier molecular flexibility index (Phi) is 10.2. The van der Waals surface area contributed by atoms with E-state index < -0.39 is 17.9 Å². The van der Waals surface area contributed by atoms with Crippen molar-refractivity contribution in [3.8, 4) is 11.1 Å². The maximum absolute atomic E-state index is 13.5. The van der Waals surface area contributed by atoms with Crippen LogP contribution in [0.5, 0.6) is 0 Å². The summed E-state index contributed by atoms with van der Waals surface area (Å²) in [5, 5.41) is 12.4. The van der Waals surface area contributed by atoms with Gasteiger partial charge in [-0.3, -0.25) is 4.79 Å². The molecule has 0 fully saturated rings. The first-order chi connectivity index (χ1) is 19.9. The minimum atomic E-state index is -1.04. The number of carboxylic acids is 1. The molecule has 0 spiro atoms. The first-order valence-corrected chi connectivity index (χ1v) is 14.8. The van der Waals surface area contributed by atoms with Crippen LogP contribution in [0.15, 0.2) is 97.1 Å². The Labute approximate surface area is 245 Å². The van der Waals surface area contributed by atoms with Crippen molar-refractivity contribution in [1.82, 2.24) is 5.32 Å². The summed E-state index contributed by atoms with van der Waals surface area (Å²) in [5.41, 5.74) is 6.92. The van der Waals surface area contributed by atoms with Crippen molar-refractivity contribution in [1.29, 1.82) is 0 Å². The van der Waals surface area contributed by atoms with Gasteiger partial charge in [-0.15, -0.1) is 0 Å². The first-order valence-electron chi connectivity index (χ1n) is 13.4. The van der Waals surface area contributed by atoms with Crippen LogP contribution in [-0.2, 0) is 17.9 Å². The Balaban J connectivity index is 1.70. The predicted molar refractivity (Wildman–Crippen MR) is 168 cm³/mol. The van der Waals surface area contributed by atoms with E-state index in [-0.39, 0.29) is 0 Å². The lowest BCUT2D eigenvalue weighted by Crippen LogP contribution is -2.41. The Morgan fingerprint density at radius 2 is 1.56 bits per heavy atom. The number of aryl methyl sites for hydroxylation is 1. The van der Waals surface area contributed by atoms with E-state index >= 15 is 0 Å². The SMILES string of the molecule is [C-]#[N+]c1ccc(CN(Cc2ccc(C(=O)N[C@@H](CCSC)C(=O)O)c(-c3ccccc3C)c2)c2ccccc2)cc1. The van der Waals surface area contributed by atoms with Crippen molar-refractivity contribution in [2.24, 2.45) is 0 Å². The summed E-state index contributed by atoms with van der Waals surface area (Å²) in [6.45, 7) is 10.5. The number of hydrogen-bond donors (Lipinski definition) is 2. The molecular formula is C34H33N3O3S. The molecule has 0 radical (unpaired) electrons. The fraction of sp³-hybridized carbons (Fsp3) is 0.206. The minimum absolute atomic E-state index is 0.350. The Bertz CT molecular complexity index is 1530. The molecule has 0 aliphatic carbocycles. The van der Waals surface area contributed by atoms with Gasteiger partial charge in [0.25, 0.3) is 5.91 Å². The monoisotopic (exact) mass is 563 g/mol. The second-order valence-electron chi connectivity index (χ2n) is 9.81. The summed E-state index contributed by atoms with van der Waals surface area (Å²) < 4.78 is 0. The number of aliphatic carboxylic acids is 1. The third-order valence-corrected chi connectivity index (χ3v) is 7.56. The predicted octanol–water partition coefficient (Wildman–Crippen LogP) is 7.36. The van der Waals surface area contributed by atoms with E-state index in [9.17, 15) is 14.7 Å². The molecule has 0 aromatic heterocycles. The number of carbonyl (C=O) groups is 2. The highest BCUT2D eigenvalue weighted by molar-refractivity contribution is 7.98. The van der Waals surface area contributed by atoms with Crippen molar-refractivity contribution in [2.75, 3.05) is 16.9 Å². The molecule has 0 saturated heterocycles. The second kappa shape index (κ2) is 14.2. The van der Waals surface area contributed by atoms with E-state index in [1.807, 2.05) is 92.0 Å².